The molecule has 0 radical (unpaired) electrons. The van der Waals surface area contributed by atoms with Crippen LogP contribution in [0.4, 0.5) is 0 Å². The highest BCUT2D eigenvalue weighted by Crippen LogP contribution is 2.37. The van der Waals surface area contributed by atoms with Gasteiger partial charge >= 0.3 is 5.97 Å². The fraction of sp³-hybridized carbons (Fsp3) is 0.593. The first-order valence-corrected chi connectivity index (χ1v) is 14.6. The average molecular weight is 486 g/mol. The number of thiophene rings is 1. The minimum atomic E-state index is 0.0158. The summed E-state index contributed by atoms with van der Waals surface area (Å²) in [5.41, 5.74) is 1.43. The van der Waals surface area contributed by atoms with Crippen LogP contribution in [0.15, 0.2) is 47.8 Å². The maximum absolute atomic E-state index is 12.8. The van der Waals surface area contributed by atoms with E-state index in [1.807, 2.05) is 11.3 Å². The predicted octanol–water partition coefficient (Wildman–Crippen LogP) is 5.01. The van der Waals surface area contributed by atoms with E-state index in [2.05, 4.69) is 64.5 Å². The molecule has 6 rings (SSSR count). The molecule has 6 heteroatoms. The van der Waals surface area contributed by atoms with E-state index in [1.54, 1.807) is 0 Å². The van der Waals surface area contributed by atoms with Gasteiger partial charge in [-0.1, -0.05) is 36.4 Å². The van der Waals surface area contributed by atoms with Crippen molar-refractivity contribution in [2.24, 2.45) is 5.92 Å². The molecular weight excluding hydrogens is 448 g/mol. The SMILES string of the molecule is O=C(CCN1CCSC(c2cccs2)C1)O[C@@H]1C[N+]2(CCCc3ccccc3)CCC1CC2. The Kier molecular flexibility index (Phi) is 7.76. The van der Waals surface area contributed by atoms with Gasteiger partial charge in [0.25, 0.3) is 0 Å². The zero-order valence-corrected chi connectivity index (χ0v) is 21.2. The van der Waals surface area contributed by atoms with E-state index in [1.165, 1.54) is 49.3 Å². The third-order valence-corrected chi connectivity index (χ3v) is 10.3. The van der Waals surface area contributed by atoms with Gasteiger partial charge in [0.1, 0.15) is 6.54 Å². The number of rotatable bonds is 9. The molecule has 4 aliphatic heterocycles. The number of hydrogen-bond donors (Lipinski definition) is 0. The van der Waals surface area contributed by atoms with Gasteiger partial charge in [0, 0.05) is 55.4 Å². The first kappa shape index (κ1) is 23.4. The van der Waals surface area contributed by atoms with Gasteiger partial charge in [-0.05, 0) is 23.4 Å². The van der Waals surface area contributed by atoms with E-state index in [-0.39, 0.29) is 12.1 Å². The number of benzene rings is 1. The van der Waals surface area contributed by atoms with Gasteiger partial charge in [0.2, 0.25) is 0 Å². The summed E-state index contributed by atoms with van der Waals surface area (Å²) in [6, 6.07) is 15.2. The normalized spacial score (nSPS) is 29.8. The van der Waals surface area contributed by atoms with E-state index in [4.69, 9.17) is 4.74 Å². The van der Waals surface area contributed by atoms with Gasteiger partial charge in [-0.3, -0.25) is 4.79 Å². The van der Waals surface area contributed by atoms with Crippen LogP contribution in [0.3, 0.4) is 0 Å². The lowest BCUT2D eigenvalue weighted by atomic mass is 9.83. The minimum absolute atomic E-state index is 0.0158. The summed E-state index contributed by atoms with van der Waals surface area (Å²) in [6.07, 6.45) is 5.46. The highest BCUT2D eigenvalue weighted by Gasteiger charge is 2.47. The molecule has 5 heterocycles. The summed E-state index contributed by atoms with van der Waals surface area (Å²) in [4.78, 5) is 16.7. The molecule has 4 saturated heterocycles. The molecule has 2 bridgehead atoms. The largest absolute Gasteiger partial charge is 0.456 e. The van der Waals surface area contributed by atoms with Crippen LogP contribution < -0.4 is 0 Å². The number of thioether (sulfide) groups is 1. The number of esters is 1. The van der Waals surface area contributed by atoms with Gasteiger partial charge in [-0.25, -0.2) is 0 Å². The second kappa shape index (κ2) is 10.9. The number of fused-ring (bicyclic) bond motifs is 3. The van der Waals surface area contributed by atoms with E-state index in [9.17, 15) is 4.79 Å². The van der Waals surface area contributed by atoms with Crippen LogP contribution in [0.5, 0.6) is 0 Å². The first-order chi connectivity index (χ1) is 16.2. The van der Waals surface area contributed by atoms with Crippen molar-refractivity contribution in [2.75, 3.05) is 51.6 Å². The van der Waals surface area contributed by atoms with Crippen LogP contribution in [0.25, 0.3) is 0 Å². The lowest BCUT2D eigenvalue weighted by molar-refractivity contribution is -0.946. The molecular formula is C27H37N2O2S2+. The lowest BCUT2D eigenvalue weighted by Crippen LogP contribution is -2.64. The summed E-state index contributed by atoms with van der Waals surface area (Å²) in [5, 5.41) is 2.72. The Bertz CT molecular complexity index is 881. The van der Waals surface area contributed by atoms with Crippen molar-refractivity contribution in [3.63, 3.8) is 0 Å². The molecule has 0 amide bonds. The molecule has 0 saturated carbocycles. The standard InChI is InChI=1S/C27H37N2O2S2/c30-27(10-13-28-14-19-33-26(20-28)25-9-5-18-32-25)31-24-21-29(16-11-23(24)12-17-29)15-4-8-22-6-2-1-3-7-22/h1-3,5-7,9,18,23-24,26H,4,8,10-17,19-21H2/q+1/t23?,24-,26?,29?/m1/s1. The monoisotopic (exact) mass is 485 g/mol. The molecule has 4 aliphatic rings. The van der Waals surface area contributed by atoms with E-state index in [0.29, 0.717) is 17.6 Å². The Labute approximate surface area is 206 Å². The van der Waals surface area contributed by atoms with Crippen LogP contribution >= 0.6 is 23.1 Å². The van der Waals surface area contributed by atoms with Crippen molar-refractivity contribution < 1.29 is 14.0 Å². The van der Waals surface area contributed by atoms with Crippen molar-refractivity contribution in [1.82, 2.24) is 4.90 Å². The van der Waals surface area contributed by atoms with Gasteiger partial charge in [-0.15, -0.1) is 11.3 Å². The van der Waals surface area contributed by atoms with Crippen LogP contribution in [0, 0.1) is 5.92 Å². The van der Waals surface area contributed by atoms with Crippen LogP contribution in [0.1, 0.15) is 41.4 Å². The molecule has 0 spiro atoms. The Morgan fingerprint density at radius 3 is 2.76 bits per heavy atom. The van der Waals surface area contributed by atoms with Crippen molar-refractivity contribution in [1.29, 1.82) is 0 Å². The number of hydrogen-bond acceptors (Lipinski definition) is 5. The Morgan fingerprint density at radius 1 is 1.12 bits per heavy atom. The van der Waals surface area contributed by atoms with Crippen LogP contribution in [0.2, 0.25) is 0 Å². The van der Waals surface area contributed by atoms with Crippen molar-refractivity contribution in [3.8, 4) is 0 Å². The summed E-state index contributed by atoms with van der Waals surface area (Å²) < 4.78 is 7.28. The second-order valence-electron chi connectivity index (χ2n) is 10.1. The highest BCUT2D eigenvalue weighted by molar-refractivity contribution is 7.99. The fourth-order valence-electron chi connectivity index (χ4n) is 5.96. The summed E-state index contributed by atoms with van der Waals surface area (Å²) in [7, 11) is 0. The maximum Gasteiger partial charge on any atom is 0.307 e. The molecule has 0 N–H and O–H groups in total. The van der Waals surface area contributed by atoms with Crippen LogP contribution in [-0.2, 0) is 16.0 Å². The molecule has 2 aromatic rings. The Morgan fingerprint density at radius 2 is 1.97 bits per heavy atom. The van der Waals surface area contributed by atoms with Crippen molar-refractivity contribution in [2.45, 2.75) is 43.5 Å². The number of carbonyl (C=O) groups is 1. The molecule has 2 atom stereocenters. The molecule has 33 heavy (non-hydrogen) atoms. The third-order valence-electron chi connectivity index (χ3n) is 7.91. The third kappa shape index (κ3) is 6.02. The average Bonchev–Trinajstić information content (AvgIpc) is 3.40. The molecule has 4 nitrogen and oxygen atoms in total. The minimum Gasteiger partial charge on any atom is -0.456 e. The number of carbonyl (C=O) groups excluding carboxylic acids is 1. The zero-order chi connectivity index (χ0) is 22.5. The zero-order valence-electron chi connectivity index (χ0n) is 19.6. The van der Waals surface area contributed by atoms with Gasteiger partial charge < -0.3 is 14.1 Å². The van der Waals surface area contributed by atoms with E-state index >= 15 is 0 Å². The van der Waals surface area contributed by atoms with E-state index < -0.39 is 0 Å². The Balaban J connectivity index is 1.07. The summed E-state index contributed by atoms with van der Waals surface area (Å²) in [5.74, 6) is 1.74. The van der Waals surface area contributed by atoms with Crippen molar-refractivity contribution >= 4 is 29.1 Å². The molecule has 1 aromatic carbocycles. The first-order valence-electron chi connectivity index (χ1n) is 12.6. The van der Waals surface area contributed by atoms with Gasteiger partial charge in [0.05, 0.1) is 31.3 Å². The Hall–Kier alpha value is -1.34. The quantitative estimate of drug-likeness (QED) is 0.369. The number of piperidine rings is 3. The van der Waals surface area contributed by atoms with Gasteiger partial charge in [-0.2, -0.15) is 11.8 Å². The summed E-state index contributed by atoms with van der Waals surface area (Å²) >= 11 is 3.90. The van der Waals surface area contributed by atoms with Crippen molar-refractivity contribution in [3.05, 3.63) is 58.3 Å². The number of ether oxygens (including phenoxy) is 1. The van der Waals surface area contributed by atoms with Gasteiger partial charge in [0.15, 0.2) is 6.10 Å². The molecule has 1 unspecified atom stereocenters. The molecule has 4 fully saturated rings. The topological polar surface area (TPSA) is 29.5 Å². The molecule has 0 aliphatic carbocycles. The highest BCUT2D eigenvalue weighted by atomic mass is 32.2. The molecule has 178 valence electrons. The number of aryl methyl sites for hydroxylation is 1. The van der Waals surface area contributed by atoms with Crippen LogP contribution in [-0.4, -0.2) is 73.0 Å². The lowest BCUT2D eigenvalue weighted by Gasteiger charge is -2.52. The maximum atomic E-state index is 12.8. The second-order valence-corrected chi connectivity index (χ2v) is 12.4. The summed E-state index contributed by atoms with van der Waals surface area (Å²) in [6.45, 7) is 7.73. The van der Waals surface area contributed by atoms with E-state index in [0.717, 1.165) is 42.8 Å². The number of quaternary nitrogens is 1. The predicted molar refractivity (Wildman–Crippen MR) is 138 cm³/mol. The fourth-order valence-corrected chi connectivity index (χ4v) is 8.24. The smallest absolute Gasteiger partial charge is 0.307 e. The molecule has 1 aromatic heterocycles. The number of nitrogens with zero attached hydrogens (tertiary/aromatic N) is 2.